The summed E-state index contributed by atoms with van der Waals surface area (Å²) in [5.74, 6) is -0.307. The molecule has 7 heteroatoms. The van der Waals surface area contributed by atoms with Crippen LogP contribution in [0.1, 0.15) is 10.4 Å². The van der Waals surface area contributed by atoms with Gasteiger partial charge in [0.15, 0.2) is 0 Å². The van der Waals surface area contributed by atoms with Crippen molar-refractivity contribution in [2.24, 2.45) is 0 Å². The van der Waals surface area contributed by atoms with Crippen molar-refractivity contribution >= 4 is 64.1 Å². The minimum Gasteiger partial charge on any atom is -0.336 e. The number of carbonyl (C=O) groups excluding carboxylic acids is 1. The van der Waals surface area contributed by atoms with Crippen LogP contribution in [0.4, 0.5) is 0 Å². The first-order valence-corrected chi connectivity index (χ1v) is 8.60. The monoisotopic (exact) mass is 393 g/mol. The van der Waals surface area contributed by atoms with Crippen LogP contribution in [0.3, 0.4) is 0 Å². The van der Waals surface area contributed by atoms with Gasteiger partial charge in [-0.25, -0.2) is 0 Å². The van der Waals surface area contributed by atoms with E-state index >= 15 is 0 Å². The quantitative estimate of drug-likeness (QED) is 0.417. The Hall–Kier alpha value is -0.580. The first-order valence-electron chi connectivity index (χ1n) is 6.21. The van der Waals surface area contributed by atoms with Gasteiger partial charge in [-0.1, -0.05) is 76.4 Å². The second-order valence-electron chi connectivity index (χ2n) is 4.33. The summed E-state index contributed by atoms with van der Waals surface area (Å²) < 4.78 is -1.66. The summed E-state index contributed by atoms with van der Waals surface area (Å²) in [5.41, 5.74) is 0.499. The molecule has 0 aliphatic carbocycles. The Morgan fingerprint density at radius 2 is 1.59 bits per heavy atom. The summed E-state index contributed by atoms with van der Waals surface area (Å²) in [6.07, 6.45) is 0. The topological polar surface area (TPSA) is 29.1 Å². The molecule has 0 radical (unpaired) electrons. The number of hydrogen-bond donors (Lipinski definition) is 1. The van der Waals surface area contributed by atoms with Crippen molar-refractivity contribution in [2.45, 2.75) is 14.1 Å². The van der Waals surface area contributed by atoms with Crippen LogP contribution in [0.5, 0.6) is 0 Å². The average molecular weight is 395 g/mol. The highest BCUT2D eigenvalue weighted by atomic mass is 35.6. The van der Waals surface area contributed by atoms with Crippen molar-refractivity contribution in [3.63, 3.8) is 0 Å². The molecule has 2 aromatic rings. The van der Waals surface area contributed by atoms with Gasteiger partial charge in [0.05, 0.1) is 0 Å². The van der Waals surface area contributed by atoms with E-state index in [2.05, 4.69) is 5.32 Å². The van der Waals surface area contributed by atoms with Gasteiger partial charge < -0.3 is 5.32 Å². The van der Waals surface area contributed by atoms with E-state index in [0.717, 1.165) is 4.90 Å². The van der Waals surface area contributed by atoms with Gasteiger partial charge in [-0.2, -0.15) is 0 Å². The molecule has 0 saturated heterocycles. The van der Waals surface area contributed by atoms with Crippen molar-refractivity contribution in [3.8, 4) is 0 Å². The Bertz CT molecular complexity index is 628. The first kappa shape index (κ1) is 17.8. The number of carbonyl (C=O) groups is 1. The van der Waals surface area contributed by atoms with Crippen LogP contribution in [-0.2, 0) is 0 Å². The van der Waals surface area contributed by atoms with E-state index in [0.29, 0.717) is 10.6 Å². The van der Waals surface area contributed by atoms with Crippen LogP contribution in [0.2, 0.25) is 5.02 Å². The zero-order valence-corrected chi connectivity index (χ0v) is 14.9. The molecule has 116 valence electrons. The molecule has 0 spiro atoms. The Morgan fingerprint density at radius 1 is 1.00 bits per heavy atom. The summed E-state index contributed by atoms with van der Waals surface area (Å²) in [7, 11) is 0. The fraction of sp³-hybridized carbons (Fsp3) is 0.133. The van der Waals surface area contributed by atoms with E-state index in [4.69, 9.17) is 46.4 Å². The fourth-order valence-corrected chi connectivity index (χ4v) is 3.17. The SMILES string of the molecule is O=C(N[C@H](Sc1ccc(Cl)cc1)C(Cl)(Cl)Cl)c1ccccc1. The fourth-order valence-electron chi connectivity index (χ4n) is 1.62. The highest BCUT2D eigenvalue weighted by molar-refractivity contribution is 8.00. The van der Waals surface area contributed by atoms with Crippen molar-refractivity contribution in [1.82, 2.24) is 5.32 Å². The summed E-state index contributed by atoms with van der Waals surface area (Å²) in [6, 6.07) is 15.8. The van der Waals surface area contributed by atoms with Gasteiger partial charge >= 0.3 is 0 Å². The number of alkyl halides is 3. The molecule has 0 unspecified atom stereocenters. The van der Waals surface area contributed by atoms with E-state index in [1.807, 2.05) is 6.07 Å². The Morgan fingerprint density at radius 3 is 2.14 bits per heavy atom. The number of thioether (sulfide) groups is 1. The van der Waals surface area contributed by atoms with Gasteiger partial charge in [-0.3, -0.25) is 4.79 Å². The largest absolute Gasteiger partial charge is 0.336 e. The second kappa shape index (κ2) is 7.80. The molecule has 0 aromatic heterocycles. The van der Waals surface area contributed by atoms with Crippen LogP contribution >= 0.6 is 58.2 Å². The average Bonchev–Trinajstić information content (AvgIpc) is 2.48. The van der Waals surface area contributed by atoms with Crippen LogP contribution in [-0.4, -0.2) is 15.1 Å². The molecule has 2 rings (SSSR count). The molecular formula is C15H11Cl4NOS. The summed E-state index contributed by atoms with van der Waals surface area (Å²) in [4.78, 5) is 13.1. The van der Waals surface area contributed by atoms with Crippen LogP contribution in [0.25, 0.3) is 0 Å². The number of nitrogens with one attached hydrogen (secondary N) is 1. The number of amides is 1. The Kier molecular flexibility index (Phi) is 6.30. The third-order valence-corrected chi connectivity index (χ3v) is 5.21. The lowest BCUT2D eigenvalue weighted by atomic mass is 10.2. The normalized spacial score (nSPS) is 12.7. The lowest BCUT2D eigenvalue weighted by Gasteiger charge is -2.25. The molecule has 1 amide bonds. The Labute approximate surface area is 153 Å². The highest BCUT2D eigenvalue weighted by Crippen LogP contribution is 2.39. The maximum Gasteiger partial charge on any atom is 0.252 e. The smallest absolute Gasteiger partial charge is 0.252 e. The predicted molar refractivity (Wildman–Crippen MR) is 95.3 cm³/mol. The van der Waals surface area contributed by atoms with Gasteiger partial charge in [0.2, 0.25) is 3.79 Å². The molecule has 0 aliphatic rings. The van der Waals surface area contributed by atoms with Gasteiger partial charge in [0.1, 0.15) is 5.37 Å². The molecule has 22 heavy (non-hydrogen) atoms. The molecule has 0 fully saturated rings. The standard InChI is InChI=1S/C15H11Cl4NOS/c16-11-6-8-12(9-7-11)22-14(15(17,18)19)20-13(21)10-4-2-1-3-5-10/h1-9,14H,(H,20,21)/t14-/m1/s1. The zero-order chi connectivity index (χ0) is 16.2. The van der Waals surface area contributed by atoms with E-state index in [1.165, 1.54) is 11.8 Å². The molecule has 1 N–H and O–H groups in total. The third-order valence-electron chi connectivity index (χ3n) is 2.66. The number of hydrogen-bond acceptors (Lipinski definition) is 2. The lowest BCUT2D eigenvalue weighted by Crippen LogP contribution is -2.41. The van der Waals surface area contributed by atoms with Gasteiger partial charge in [0, 0.05) is 15.5 Å². The molecule has 1 atom stereocenters. The zero-order valence-electron chi connectivity index (χ0n) is 11.1. The minimum absolute atomic E-state index is 0.307. The second-order valence-corrected chi connectivity index (χ2v) is 8.32. The van der Waals surface area contributed by atoms with E-state index in [9.17, 15) is 4.79 Å². The lowest BCUT2D eigenvalue weighted by molar-refractivity contribution is 0.0950. The molecule has 2 nitrogen and oxygen atoms in total. The third kappa shape index (κ3) is 5.25. The number of benzene rings is 2. The minimum atomic E-state index is -1.66. The van der Waals surface area contributed by atoms with E-state index < -0.39 is 9.17 Å². The maximum absolute atomic E-state index is 12.2. The predicted octanol–water partition coefficient (Wildman–Crippen LogP) is 5.56. The van der Waals surface area contributed by atoms with Crippen molar-refractivity contribution in [2.75, 3.05) is 0 Å². The molecular weight excluding hydrogens is 384 g/mol. The highest BCUT2D eigenvalue weighted by Gasteiger charge is 2.35. The van der Waals surface area contributed by atoms with Gasteiger partial charge in [-0.05, 0) is 36.4 Å². The summed E-state index contributed by atoms with van der Waals surface area (Å²) in [6.45, 7) is 0. The van der Waals surface area contributed by atoms with Crippen molar-refractivity contribution < 1.29 is 4.79 Å². The van der Waals surface area contributed by atoms with Crippen LogP contribution in [0.15, 0.2) is 59.5 Å². The van der Waals surface area contributed by atoms with E-state index in [-0.39, 0.29) is 5.91 Å². The molecule has 0 saturated carbocycles. The molecule has 0 bridgehead atoms. The number of halogens is 4. The molecule has 0 aliphatic heterocycles. The van der Waals surface area contributed by atoms with Crippen molar-refractivity contribution in [3.05, 3.63) is 65.2 Å². The summed E-state index contributed by atoms with van der Waals surface area (Å²) in [5, 5.41) is 2.60. The first-order chi connectivity index (χ1) is 10.4. The van der Waals surface area contributed by atoms with Crippen LogP contribution in [0, 0.1) is 0 Å². The van der Waals surface area contributed by atoms with Gasteiger partial charge in [0.25, 0.3) is 5.91 Å². The summed E-state index contributed by atoms with van der Waals surface area (Å²) >= 11 is 25.0. The van der Waals surface area contributed by atoms with Crippen molar-refractivity contribution in [1.29, 1.82) is 0 Å². The van der Waals surface area contributed by atoms with Gasteiger partial charge in [-0.15, -0.1) is 0 Å². The molecule has 0 heterocycles. The van der Waals surface area contributed by atoms with E-state index in [1.54, 1.807) is 48.5 Å². The molecule has 2 aromatic carbocycles. The number of rotatable bonds is 4. The van der Waals surface area contributed by atoms with Crippen LogP contribution < -0.4 is 5.32 Å². The maximum atomic E-state index is 12.2. The Balaban J connectivity index is 2.13.